The second-order valence-corrected chi connectivity index (χ2v) is 11.5. The van der Waals surface area contributed by atoms with Gasteiger partial charge in [0, 0.05) is 0 Å². The molecular formula is C24H42O2. The average Bonchev–Trinajstić information content (AvgIpc) is 2.84. The van der Waals surface area contributed by atoms with Crippen molar-refractivity contribution >= 4 is 5.97 Å². The summed E-state index contributed by atoms with van der Waals surface area (Å²) in [5.41, 5.74) is 0.256. The third-order valence-corrected chi connectivity index (χ3v) is 5.41. The maximum atomic E-state index is 11.1. The summed E-state index contributed by atoms with van der Waals surface area (Å²) >= 11 is 0. The largest absolute Gasteiger partial charge is 0.481 e. The lowest BCUT2D eigenvalue weighted by Gasteiger charge is -2.36. The first-order valence-corrected chi connectivity index (χ1v) is 10.2. The number of carboxylic acid groups (broad SMARTS) is 1. The van der Waals surface area contributed by atoms with Crippen molar-refractivity contribution in [2.24, 2.45) is 27.6 Å². The van der Waals surface area contributed by atoms with Gasteiger partial charge < -0.3 is 5.11 Å². The monoisotopic (exact) mass is 362 g/mol. The molecular weight excluding hydrogens is 320 g/mol. The molecule has 0 unspecified atom stereocenters. The molecule has 0 aromatic rings. The van der Waals surface area contributed by atoms with Crippen LogP contribution < -0.4 is 0 Å². The van der Waals surface area contributed by atoms with E-state index in [0.29, 0.717) is 5.41 Å². The molecule has 0 heterocycles. The van der Waals surface area contributed by atoms with Crippen molar-refractivity contribution < 1.29 is 9.90 Å². The van der Waals surface area contributed by atoms with Gasteiger partial charge in [0.25, 0.3) is 0 Å². The molecule has 0 spiro atoms. The summed E-state index contributed by atoms with van der Waals surface area (Å²) in [7, 11) is 0. The minimum Gasteiger partial charge on any atom is -0.481 e. The van der Waals surface area contributed by atoms with Crippen LogP contribution in [0, 0.1) is 27.6 Å². The Bertz CT molecular complexity index is 532. The molecule has 0 fully saturated rings. The first-order chi connectivity index (χ1) is 11.6. The van der Waals surface area contributed by atoms with E-state index in [2.05, 4.69) is 79.7 Å². The molecule has 0 aromatic carbocycles. The molecule has 1 N–H and O–H groups in total. The minimum atomic E-state index is -0.710. The molecule has 0 bridgehead atoms. The van der Waals surface area contributed by atoms with Gasteiger partial charge in [0.15, 0.2) is 0 Å². The van der Waals surface area contributed by atoms with Crippen molar-refractivity contribution in [2.75, 3.05) is 0 Å². The van der Waals surface area contributed by atoms with E-state index in [1.165, 1.54) is 19.3 Å². The van der Waals surface area contributed by atoms with Crippen LogP contribution in [0.15, 0.2) is 24.3 Å². The van der Waals surface area contributed by atoms with E-state index in [9.17, 15) is 4.79 Å². The van der Waals surface area contributed by atoms with Gasteiger partial charge >= 0.3 is 5.97 Å². The van der Waals surface area contributed by atoms with Crippen molar-refractivity contribution in [2.45, 2.75) is 93.9 Å². The van der Waals surface area contributed by atoms with Gasteiger partial charge in [0.2, 0.25) is 0 Å². The quantitative estimate of drug-likeness (QED) is 0.415. The van der Waals surface area contributed by atoms with Crippen LogP contribution in [-0.4, -0.2) is 11.1 Å². The van der Waals surface area contributed by atoms with E-state index in [1.807, 2.05) is 0 Å². The number of carboxylic acids is 1. The van der Waals surface area contributed by atoms with Crippen LogP contribution in [0.1, 0.15) is 93.9 Å². The number of allylic oxidation sites excluding steroid dienone is 4. The van der Waals surface area contributed by atoms with E-state index < -0.39 is 5.97 Å². The maximum Gasteiger partial charge on any atom is 0.303 e. The van der Waals surface area contributed by atoms with Gasteiger partial charge in [-0.15, -0.1) is 0 Å². The maximum absolute atomic E-state index is 11.1. The topological polar surface area (TPSA) is 37.3 Å². The Morgan fingerprint density at radius 1 is 0.962 bits per heavy atom. The summed E-state index contributed by atoms with van der Waals surface area (Å²) in [6.45, 7) is 18.0. The van der Waals surface area contributed by atoms with Gasteiger partial charge in [-0.05, 0) is 59.7 Å². The molecule has 2 nitrogen and oxygen atoms in total. The lowest BCUT2D eigenvalue weighted by molar-refractivity contribution is -0.139. The fourth-order valence-corrected chi connectivity index (χ4v) is 5.15. The Morgan fingerprint density at radius 2 is 1.46 bits per heavy atom. The molecule has 0 aliphatic heterocycles. The van der Waals surface area contributed by atoms with Crippen molar-refractivity contribution in [1.82, 2.24) is 0 Å². The zero-order valence-electron chi connectivity index (χ0n) is 18.5. The first-order valence-electron chi connectivity index (χ1n) is 10.2. The molecule has 1 aliphatic carbocycles. The average molecular weight is 363 g/mol. The van der Waals surface area contributed by atoms with Crippen LogP contribution in [-0.2, 0) is 4.79 Å². The molecule has 1 rings (SSSR count). The van der Waals surface area contributed by atoms with Gasteiger partial charge in [0.05, 0.1) is 6.42 Å². The van der Waals surface area contributed by atoms with Crippen LogP contribution in [0.25, 0.3) is 0 Å². The smallest absolute Gasteiger partial charge is 0.303 e. The first kappa shape index (κ1) is 23.0. The second kappa shape index (κ2) is 8.31. The summed E-state index contributed by atoms with van der Waals surface area (Å²) in [6.07, 6.45) is 15.5. The van der Waals surface area contributed by atoms with Gasteiger partial charge in [0.1, 0.15) is 0 Å². The number of aliphatic carboxylic acids is 1. The predicted molar refractivity (Wildman–Crippen MR) is 112 cm³/mol. The molecule has 0 radical (unpaired) electrons. The zero-order valence-corrected chi connectivity index (χ0v) is 18.5. The number of carbonyl (C=O) groups is 1. The third-order valence-electron chi connectivity index (χ3n) is 5.41. The van der Waals surface area contributed by atoms with E-state index in [0.717, 1.165) is 18.8 Å². The normalized spacial score (nSPS) is 19.5. The van der Waals surface area contributed by atoms with Crippen molar-refractivity contribution in [3.63, 3.8) is 0 Å². The van der Waals surface area contributed by atoms with E-state index >= 15 is 0 Å². The van der Waals surface area contributed by atoms with Gasteiger partial charge in [-0.1, -0.05) is 79.7 Å². The molecule has 150 valence electrons. The molecule has 26 heavy (non-hydrogen) atoms. The summed E-state index contributed by atoms with van der Waals surface area (Å²) in [6, 6.07) is 0. The highest BCUT2D eigenvalue weighted by molar-refractivity contribution is 5.67. The molecule has 1 aliphatic rings. The van der Waals surface area contributed by atoms with Crippen molar-refractivity contribution in [3.05, 3.63) is 24.3 Å². The number of rotatable bonds is 10. The van der Waals surface area contributed by atoms with E-state index in [-0.39, 0.29) is 22.7 Å². The Hall–Kier alpha value is -1.05. The van der Waals surface area contributed by atoms with Gasteiger partial charge in [-0.3, -0.25) is 4.79 Å². The molecule has 0 aromatic heterocycles. The summed E-state index contributed by atoms with van der Waals surface area (Å²) in [5, 5.41) is 9.13. The Morgan fingerprint density at radius 3 is 1.88 bits per heavy atom. The van der Waals surface area contributed by atoms with Crippen LogP contribution in [0.5, 0.6) is 0 Å². The number of hydrogen-bond acceptors (Lipinski definition) is 1. The van der Waals surface area contributed by atoms with Gasteiger partial charge in [-0.25, -0.2) is 0 Å². The van der Waals surface area contributed by atoms with E-state index in [1.54, 1.807) is 0 Å². The lowest BCUT2D eigenvalue weighted by atomic mass is 9.69. The molecule has 2 heteroatoms. The van der Waals surface area contributed by atoms with E-state index in [4.69, 9.17) is 5.11 Å². The Kier molecular flexibility index (Phi) is 7.35. The fourth-order valence-electron chi connectivity index (χ4n) is 5.15. The van der Waals surface area contributed by atoms with Gasteiger partial charge in [-0.2, -0.15) is 0 Å². The standard InChI is InChI=1S/C24H42O2/c1-21(2,17-23(5,6)15-19-11-9-10-12-19)13-14-22(3,4)18-24(7,8)16-20(25)26/h9,11,13-14,19H,10,12,15-18H2,1-8H3,(H,25,26)/b14-13+/t19-/m0/s1. The van der Waals surface area contributed by atoms with Crippen molar-refractivity contribution in [3.8, 4) is 0 Å². The zero-order chi connectivity index (χ0) is 20.2. The van der Waals surface area contributed by atoms with Crippen LogP contribution in [0.3, 0.4) is 0 Å². The summed E-state index contributed by atoms with van der Waals surface area (Å²) in [5.74, 6) is 0.0378. The predicted octanol–water partition coefficient (Wildman–Crippen LogP) is 7.26. The lowest BCUT2D eigenvalue weighted by Crippen LogP contribution is -2.26. The fraction of sp³-hybridized carbons (Fsp3) is 0.792. The summed E-state index contributed by atoms with van der Waals surface area (Å²) in [4.78, 5) is 11.1. The van der Waals surface area contributed by atoms with Crippen molar-refractivity contribution in [1.29, 1.82) is 0 Å². The third kappa shape index (κ3) is 9.05. The highest BCUT2D eigenvalue weighted by Gasteiger charge is 2.32. The SMILES string of the molecule is CC(C)(/C=C/C(C)(C)CC(C)(C)C[C@H]1C=CCC1)CC(C)(C)CC(=O)O. The number of hydrogen-bond donors (Lipinski definition) is 1. The summed E-state index contributed by atoms with van der Waals surface area (Å²) < 4.78 is 0. The Balaban J connectivity index is 2.70. The van der Waals surface area contributed by atoms with Crippen LogP contribution >= 0.6 is 0 Å². The van der Waals surface area contributed by atoms with Crippen LogP contribution in [0.4, 0.5) is 0 Å². The second-order valence-electron chi connectivity index (χ2n) is 11.5. The van der Waals surface area contributed by atoms with Crippen LogP contribution in [0.2, 0.25) is 0 Å². The highest BCUT2D eigenvalue weighted by Crippen LogP contribution is 2.43. The molecule has 1 atom stereocenters. The molecule has 0 saturated carbocycles. The highest BCUT2D eigenvalue weighted by atomic mass is 16.4. The molecule has 0 saturated heterocycles. The minimum absolute atomic E-state index is 0.00540. The molecule has 0 amide bonds. The Labute approximate surface area is 162 Å².